The van der Waals surface area contributed by atoms with Crippen LogP contribution >= 0.6 is 23.2 Å². The summed E-state index contributed by atoms with van der Waals surface area (Å²) in [6.07, 6.45) is 2.43. The zero-order valence-electron chi connectivity index (χ0n) is 8.91. The van der Waals surface area contributed by atoms with Gasteiger partial charge in [-0.05, 0) is 18.0 Å². The molecule has 0 amide bonds. The summed E-state index contributed by atoms with van der Waals surface area (Å²) < 4.78 is 11.1. The standard InChI is InChI=1S/C8H12Cl2N4OS/c1-5(16(2)15)3-4-11-7-6(9)13-14-8(10)12-7/h5H,3-4H2,1-2H3,(H,11,12,14). The highest BCUT2D eigenvalue weighted by Gasteiger charge is 2.08. The first kappa shape index (κ1) is 13.6. The van der Waals surface area contributed by atoms with Gasteiger partial charge < -0.3 is 5.32 Å². The topological polar surface area (TPSA) is 67.8 Å². The normalized spacial score (nSPS) is 14.5. The molecule has 1 N–H and O–H groups in total. The maximum atomic E-state index is 11.1. The van der Waals surface area contributed by atoms with Gasteiger partial charge in [-0.1, -0.05) is 18.5 Å². The molecule has 8 heteroatoms. The van der Waals surface area contributed by atoms with Crippen molar-refractivity contribution in [1.82, 2.24) is 15.2 Å². The molecule has 0 aromatic carbocycles. The van der Waals surface area contributed by atoms with E-state index in [0.717, 1.165) is 6.42 Å². The highest BCUT2D eigenvalue weighted by atomic mass is 35.5. The zero-order valence-corrected chi connectivity index (χ0v) is 11.2. The van der Waals surface area contributed by atoms with E-state index in [0.29, 0.717) is 12.4 Å². The van der Waals surface area contributed by atoms with Gasteiger partial charge in [-0.15, -0.1) is 10.2 Å². The van der Waals surface area contributed by atoms with Crippen LogP contribution < -0.4 is 5.32 Å². The summed E-state index contributed by atoms with van der Waals surface area (Å²) in [5, 5.41) is 10.4. The fraction of sp³-hybridized carbons (Fsp3) is 0.625. The Bertz CT molecular complexity index is 390. The lowest BCUT2D eigenvalue weighted by molar-refractivity contribution is 0.672. The molecule has 16 heavy (non-hydrogen) atoms. The number of aromatic nitrogens is 3. The molecule has 1 aromatic heterocycles. The summed E-state index contributed by atoms with van der Waals surface area (Å²) in [6, 6.07) is 0. The minimum atomic E-state index is -0.825. The molecule has 0 saturated heterocycles. The number of hydrogen-bond acceptors (Lipinski definition) is 5. The SMILES string of the molecule is CC(CCNc1nc(Cl)nnc1Cl)S(C)=O. The van der Waals surface area contributed by atoms with Crippen LogP contribution in [0.1, 0.15) is 13.3 Å². The number of halogens is 2. The van der Waals surface area contributed by atoms with Crippen molar-refractivity contribution >= 4 is 39.8 Å². The van der Waals surface area contributed by atoms with Crippen LogP contribution in [-0.2, 0) is 10.8 Å². The molecule has 0 aliphatic carbocycles. The lowest BCUT2D eigenvalue weighted by Crippen LogP contribution is -2.15. The highest BCUT2D eigenvalue weighted by Crippen LogP contribution is 2.16. The summed E-state index contributed by atoms with van der Waals surface area (Å²) in [6.45, 7) is 2.53. The van der Waals surface area contributed by atoms with Gasteiger partial charge in [0.05, 0.1) is 0 Å². The second-order valence-electron chi connectivity index (χ2n) is 3.24. The molecule has 5 nitrogen and oxygen atoms in total. The molecule has 0 radical (unpaired) electrons. The van der Waals surface area contributed by atoms with E-state index in [4.69, 9.17) is 23.2 Å². The first-order valence-corrected chi connectivity index (χ1v) is 7.00. The Labute approximate surface area is 106 Å². The largest absolute Gasteiger partial charge is 0.367 e. The Kier molecular flexibility index (Phi) is 5.37. The minimum Gasteiger partial charge on any atom is -0.367 e. The van der Waals surface area contributed by atoms with Crippen LogP contribution in [0.4, 0.5) is 5.82 Å². The van der Waals surface area contributed by atoms with Gasteiger partial charge in [0.2, 0.25) is 5.28 Å². The van der Waals surface area contributed by atoms with E-state index in [9.17, 15) is 4.21 Å². The fourth-order valence-corrected chi connectivity index (χ4v) is 1.68. The van der Waals surface area contributed by atoms with Gasteiger partial charge in [0.25, 0.3) is 0 Å². The van der Waals surface area contributed by atoms with E-state index in [2.05, 4.69) is 20.5 Å². The smallest absolute Gasteiger partial charge is 0.245 e. The molecule has 0 aliphatic rings. The molecule has 1 rings (SSSR count). The number of nitrogens with zero attached hydrogens (tertiary/aromatic N) is 3. The third kappa shape index (κ3) is 4.19. The first-order valence-electron chi connectivity index (χ1n) is 4.62. The molecule has 90 valence electrons. The van der Waals surface area contributed by atoms with Crippen LogP contribution in [-0.4, -0.2) is 37.4 Å². The summed E-state index contributed by atoms with van der Waals surface area (Å²) >= 11 is 11.3. The lowest BCUT2D eigenvalue weighted by atomic mass is 10.3. The summed E-state index contributed by atoms with van der Waals surface area (Å²) in [5.41, 5.74) is 0. The van der Waals surface area contributed by atoms with Crippen molar-refractivity contribution in [2.75, 3.05) is 18.1 Å². The van der Waals surface area contributed by atoms with Crippen LogP contribution in [0.5, 0.6) is 0 Å². The van der Waals surface area contributed by atoms with Crippen molar-refractivity contribution in [3.63, 3.8) is 0 Å². The van der Waals surface area contributed by atoms with Gasteiger partial charge in [0.1, 0.15) is 0 Å². The average Bonchev–Trinajstić information content (AvgIpc) is 2.22. The molecule has 1 aromatic rings. The summed E-state index contributed by atoms with van der Waals surface area (Å²) in [7, 11) is -0.825. The predicted molar refractivity (Wildman–Crippen MR) is 66.5 cm³/mol. The van der Waals surface area contributed by atoms with E-state index in [1.165, 1.54) is 0 Å². The van der Waals surface area contributed by atoms with E-state index < -0.39 is 10.8 Å². The van der Waals surface area contributed by atoms with Gasteiger partial charge in [-0.3, -0.25) is 4.21 Å². The minimum absolute atomic E-state index is 0.0408. The van der Waals surface area contributed by atoms with Crippen molar-refractivity contribution in [2.45, 2.75) is 18.6 Å². The highest BCUT2D eigenvalue weighted by molar-refractivity contribution is 7.84. The van der Waals surface area contributed by atoms with Crippen molar-refractivity contribution in [1.29, 1.82) is 0 Å². The lowest BCUT2D eigenvalue weighted by Gasteiger charge is -2.09. The van der Waals surface area contributed by atoms with Gasteiger partial charge in [-0.25, -0.2) is 0 Å². The molecule has 0 saturated carbocycles. The molecule has 1 heterocycles. The number of nitrogens with one attached hydrogen (secondary N) is 1. The molecular formula is C8H12Cl2N4OS. The van der Waals surface area contributed by atoms with Crippen molar-refractivity contribution in [3.8, 4) is 0 Å². The Morgan fingerprint density at radius 3 is 2.75 bits per heavy atom. The quantitative estimate of drug-likeness (QED) is 0.891. The fourth-order valence-electron chi connectivity index (χ4n) is 0.966. The third-order valence-corrected chi connectivity index (χ3v) is 3.81. The molecular weight excluding hydrogens is 271 g/mol. The maximum absolute atomic E-state index is 11.1. The van der Waals surface area contributed by atoms with Crippen molar-refractivity contribution < 1.29 is 4.21 Å². The molecule has 0 fully saturated rings. The van der Waals surface area contributed by atoms with Gasteiger partial charge in [-0.2, -0.15) is 4.98 Å². The second kappa shape index (κ2) is 6.32. The van der Waals surface area contributed by atoms with Crippen molar-refractivity contribution in [3.05, 3.63) is 10.4 Å². The van der Waals surface area contributed by atoms with E-state index >= 15 is 0 Å². The Morgan fingerprint density at radius 1 is 1.44 bits per heavy atom. The zero-order chi connectivity index (χ0) is 12.1. The summed E-state index contributed by atoms with van der Waals surface area (Å²) in [5.74, 6) is 0.399. The average molecular weight is 283 g/mol. The van der Waals surface area contributed by atoms with E-state index in [-0.39, 0.29) is 15.7 Å². The van der Waals surface area contributed by atoms with Crippen LogP contribution in [0.15, 0.2) is 0 Å². The number of anilines is 1. The summed E-state index contributed by atoms with van der Waals surface area (Å²) in [4.78, 5) is 3.89. The van der Waals surface area contributed by atoms with Gasteiger partial charge in [0, 0.05) is 28.9 Å². The van der Waals surface area contributed by atoms with Crippen LogP contribution in [0.25, 0.3) is 0 Å². The van der Waals surface area contributed by atoms with E-state index in [1.807, 2.05) is 6.92 Å². The molecule has 0 spiro atoms. The molecule has 2 atom stereocenters. The molecule has 0 bridgehead atoms. The third-order valence-electron chi connectivity index (χ3n) is 2.03. The van der Waals surface area contributed by atoms with Gasteiger partial charge >= 0.3 is 0 Å². The van der Waals surface area contributed by atoms with Crippen molar-refractivity contribution in [2.24, 2.45) is 0 Å². The van der Waals surface area contributed by atoms with Crippen LogP contribution in [0, 0.1) is 0 Å². The van der Waals surface area contributed by atoms with Gasteiger partial charge in [0.15, 0.2) is 11.0 Å². The molecule has 2 unspecified atom stereocenters. The van der Waals surface area contributed by atoms with E-state index in [1.54, 1.807) is 6.26 Å². The monoisotopic (exact) mass is 282 g/mol. The molecule has 0 aliphatic heterocycles. The predicted octanol–water partition coefficient (Wildman–Crippen LogP) is 1.75. The first-order chi connectivity index (χ1) is 7.50. The van der Waals surface area contributed by atoms with Crippen LogP contribution in [0.3, 0.4) is 0 Å². The Balaban J connectivity index is 2.48. The van der Waals surface area contributed by atoms with Crippen LogP contribution in [0.2, 0.25) is 10.4 Å². The maximum Gasteiger partial charge on any atom is 0.245 e. The number of rotatable bonds is 5. The Morgan fingerprint density at radius 2 is 2.12 bits per heavy atom. The second-order valence-corrected chi connectivity index (χ2v) is 5.74. The number of hydrogen-bond donors (Lipinski definition) is 1. The Hall–Kier alpha value is -0.460.